The maximum atomic E-state index is 12.0. The Balaban J connectivity index is 2.44. The van der Waals surface area contributed by atoms with Crippen LogP contribution in [0.3, 0.4) is 0 Å². The van der Waals surface area contributed by atoms with Crippen molar-refractivity contribution in [2.24, 2.45) is 5.92 Å². The van der Waals surface area contributed by atoms with E-state index in [-0.39, 0.29) is 18.0 Å². The van der Waals surface area contributed by atoms with E-state index in [0.29, 0.717) is 10.9 Å². The third-order valence-corrected chi connectivity index (χ3v) is 3.50. The molecule has 4 heteroatoms. The van der Waals surface area contributed by atoms with E-state index in [4.69, 9.17) is 11.6 Å². The van der Waals surface area contributed by atoms with Gasteiger partial charge in [0.15, 0.2) is 0 Å². The molecule has 0 bridgehead atoms. The van der Waals surface area contributed by atoms with Crippen LogP contribution in [-0.4, -0.2) is 18.5 Å². The van der Waals surface area contributed by atoms with Crippen molar-refractivity contribution in [2.45, 2.75) is 46.2 Å². The van der Waals surface area contributed by atoms with Crippen LogP contribution >= 0.6 is 11.6 Å². The van der Waals surface area contributed by atoms with Crippen LogP contribution in [0.25, 0.3) is 0 Å². The maximum Gasteiger partial charge on any atom is 0.236 e. The normalized spacial score (nSPS) is 14.1. The molecular formula is C16H25ClN2O. The van der Waals surface area contributed by atoms with Crippen LogP contribution < -0.4 is 10.6 Å². The zero-order chi connectivity index (χ0) is 15.1. The van der Waals surface area contributed by atoms with Crippen LogP contribution in [0.1, 0.15) is 45.7 Å². The first kappa shape index (κ1) is 17.0. The van der Waals surface area contributed by atoms with Crippen LogP contribution in [0, 0.1) is 5.92 Å². The summed E-state index contributed by atoms with van der Waals surface area (Å²) < 4.78 is 0. The lowest BCUT2D eigenvalue weighted by atomic mass is 10.1. The first-order valence-electron chi connectivity index (χ1n) is 7.19. The topological polar surface area (TPSA) is 41.1 Å². The largest absolute Gasteiger partial charge is 0.355 e. The van der Waals surface area contributed by atoms with E-state index in [0.717, 1.165) is 18.5 Å². The van der Waals surface area contributed by atoms with Crippen molar-refractivity contribution in [3.8, 4) is 0 Å². The second-order valence-corrected chi connectivity index (χ2v) is 6.08. The Morgan fingerprint density at radius 2 is 1.95 bits per heavy atom. The van der Waals surface area contributed by atoms with Crippen LogP contribution in [0.4, 0.5) is 0 Å². The molecule has 1 rings (SSSR count). The maximum absolute atomic E-state index is 12.0. The van der Waals surface area contributed by atoms with Gasteiger partial charge in [0.05, 0.1) is 6.04 Å². The minimum Gasteiger partial charge on any atom is -0.355 e. The summed E-state index contributed by atoms with van der Waals surface area (Å²) in [6.45, 7) is 8.94. The van der Waals surface area contributed by atoms with Gasteiger partial charge in [0, 0.05) is 17.6 Å². The molecule has 0 fully saturated rings. The molecule has 1 aromatic rings. The summed E-state index contributed by atoms with van der Waals surface area (Å²) in [5.74, 6) is 0.642. The van der Waals surface area contributed by atoms with E-state index in [2.05, 4.69) is 24.5 Å². The van der Waals surface area contributed by atoms with Gasteiger partial charge >= 0.3 is 0 Å². The molecule has 0 heterocycles. The van der Waals surface area contributed by atoms with Gasteiger partial charge in [-0.1, -0.05) is 37.6 Å². The van der Waals surface area contributed by atoms with Crippen molar-refractivity contribution in [2.75, 3.05) is 6.54 Å². The average Bonchev–Trinajstić information content (AvgIpc) is 2.38. The molecule has 20 heavy (non-hydrogen) atoms. The lowest BCUT2D eigenvalue weighted by Crippen LogP contribution is -2.43. The highest BCUT2D eigenvalue weighted by atomic mass is 35.5. The van der Waals surface area contributed by atoms with E-state index in [1.54, 1.807) is 0 Å². The first-order chi connectivity index (χ1) is 9.40. The standard InChI is InChI=1S/C16H25ClN2O/c1-11(2)8-9-18-16(20)13(4)19-12(3)14-6-5-7-15(17)10-14/h5-7,10-13,19H,8-9H2,1-4H3,(H,18,20). The number of rotatable bonds is 7. The summed E-state index contributed by atoms with van der Waals surface area (Å²) in [7, 11) is 0. The second-order valence-electron chi connectivity index (χ2n) is 5.64. The van der Waals surface area contributed by atoms with Crippen molar-refractivity contribution in [3.05, 3.63) is 34.9 Å². The number of hydrogen-bond donors (Lipinski definition) is 2. The van der Waals surface area contributed by atoms with E-state index >= 15 is 0 Å². The Kier molecular flexibility index (Phi) is 7.03. The fraction of sp³-hybridized carbons (Fsp3) is 0.562. The molecule has 1 amide bonds. The molecule has 0 saturated heterocycles. The number of benzene rings is 1. The molecule has 112 valence electrons. The fourth-order valence-electron chi connectivity index (χ4n) is 1.96. The van der Waals surface area contributed by atoms with E-state index in [1.165, 1.54) is 0 Å². The monoisotopic (exact) mass is 296 g/mol. The zero-order valence-corrected chi connectivity index (χ0v) is 13.5. The predicted octanol–water partition coefficient (Wildman–Crippen LogP) is 3.54. The lowest BCUT2D eigenvalue weighted by molar-refractivity contribution is -0.122. The van der Waals surface area contributed by atoms with Gasteiger partial charge in [-0.25, -0.2) is 0 Å². The van der Waals surface area contributed by atoms with Crippen molar-refractivity contribution in [1.29, 1.82) is 0 Å². The van der Waals surface area contributed by atoms with Crippen molar-refractivity contribution in [1.82, 2.24) is 10.6 Å². The van der Waals surface area contributed by atoms with Crippen molar-refractivity contribution >= 4 is 17.5 Å². The molecular weight excluding hydrogens is 272 g/mol. The van der Waals surface area contributed by atoms with E-state index in [1.807, 2.05) is 38.1 Å². The molecule has 0 aliphatic carbocycles. The molecule has 0 aromatic heterocycles. The van der Waals surface area contributed by atoms with E-state index < -0.39 is 0 Å². The Bertz CT molecular complexity index is 434. The second kappa shape index (κ2) is 8.28. The molecule has 0 spiro atoms. The molecule has 2 N–H and O–H groups in total. The number of carbonyl (C=O) groups excluding carboxylic acids is 1. The molecule has 0 aliphatic rings. The highest BCUT2D eigenvalue weighted by molar-refractivity contribution is 6.30. The van der Waals surface area contributed by atoms with Crippen molar-refractivity contribution < 1.29 is 4.79 Å². The average molecular weight is 297 g/mol. The summed E-state index contributed by atoms with van der Waals surface area (Å²) in [5, 5.41) is 6.96. The number of nitrogens with one attached hydrogen (secondary N) is 2. The number of halogens is 1. The van der Waals surface area contributed by atoms with Gasteiger partial charge in [-0.3, -0.25) is 10.1 Å². The molecule has 0 radical (unpaired) electrons. The van der Waals surface area contributed by atoms with Gasteiger partial charge in [-0.05, 0) is 43.9 Å². The molecule has 0 saturated carbocycles. The smallest absolute Gasteiger partial charge is 0.236 e. The fourth-order valence-corrected chi connectivity index (χ4v) is 2.16. The molecule has 0 aliphatic heterocycles. The quantitative estimate of drug-likeness (QED) is 0.808. The highest BCUT2D eigenvalue weighted by Crippen LogP contribution is 2.17. The van der Waals surface area contributed by atoms with E-state index in [9.17, 15) is 4.79 Å². The summed E-state index contributed by atoms with van der Waals surface area (Å²) in [6.07, 6.45) is 1.00. The van der Waals surface area contributed by atoms with Gasteiger partial charge in [0.25, 0.3) is 0 Å². The number of hydrogen-bond acceptors (Lipinski definition) is 2. The van der Waals surface area contributed by atoms with Crippen LogP contribution in [0.5, 0.6) is 0 Å². The van der Waals surface area contributed by atoms with Gasteiger partial charge in [0.2, 0.25) is 5.91 Å². The first-order valence-corrected chi connectivity index (χ1v) is 7.57. The van der Waals surface area contributed by atoms with Gasteiger partial charge in [-0.2, -0.15) is 0 Å². The summed E-state index contributed by atoms with van der Waals surface area (Å²) in [6, 6.07) is 7.55. The van der Waals surface area contributed by atoms with Gasteiger partial charge in [-0.15, -0.1) is 0 Å². The third kappa shape index (κ3) is 5.93. The summed E-state index contributed by atoms with van der Waals surface area (Å²) in [5.41, 5.74) is 1.08. The van der Waals surface area contributed by atoms with Gasteiger partial charge < -0.3 is 5.32 Å². The van der Waals surface area contributed by atoms with Crippen LogP contribution in [-0.2, 0) is 4.79 Å². The molecule has 3 nitrogen and oxygen atoms in total. The Morgan fingerprint density at radius 1 is 1.25 bits per heavy atom. The number of carbonyl (C=O) groups is 1. The molecule has 2 atom stereocenters. The SMILES string of the molecule is CC(C)CCNC(=O)C(C)NC(C)c1cccc(Cl)c1. The zero-order valence-electron chi connectivity index (χ0n) is 12.7. The third-order valence-electron chi connectivity index (χ3n) is 3.26. The molecule has 2 unspecified atom stereocenters. The summed E-state index contributed by atoms with van der Waals surface area (Å²) in [4.78, 5) is 12.0. The minimum atomic E-state index is -0.226. The lowest BCUT2D eigenvalue weighted by Gasteiger charge is -2.20. The minimum absolute atomic E-state index is 0.0412. The Hall–Kier alpha value is -1.06. The summed E-state index contributed by atoms with van der Waals surface area (Å²) >= 11 is 5.98. The Labute approximate surface area is 127 Å². The van der Waals surface area contributed by atoms with Crippen LogP contribution in [0.15, 0.2) is 24.3 Å². The molecule has 1 aromatic carbocycles. The highest BCUT2D eigenvalue weighted by Gasteiger charge is 2.16. The predicted molar refractivity (Wildman–Crippen MR) is 84.9 cm³/mol. The Morgan fingerprint density at radius 3 is 2.55 bits per heavy atom. The van der Waals surface area contributed by atoms with Gasteiger partial charge in [0.1, 0.15) is 0 Å². The van der Waals surface area contributed by atoms with Crippen molar-refractivity contribution in [3.63, 3.8) is 0 Å². The number of amides is 1. The van der Waals surface area contributed by atoms with Crippen LogP contribution in [0.2, 0.25) is 5.02 Å².